The van der Waals surface area contributed by atoms with Crippen LogP contribution in [0.1, 0.15) is 18.9 Å². The highest BCUT2D eigenvalue weighted by Gasteiger charge is 2.18. The van der Waals surface area contributed by atoms with Crippen LogP contribution in [0.2, 0.25) is 0 Å². The smallest absolute Gasteiger partial charge is 0.0479 e. The van der Waals surface area contributed by atoms with Crippen LogP contribution in [0.4, 0.5) is 0 Å². The quantitative estimate of drug-likeness (QED) is 0.770. The third-order valence-corrected chi connectivity index (χ3v) is 2.23. The second-order valence-corrected chi connectivity index (χ2v) is 3.93. The number of hydrogen-bond acceptors (Lipinski definition) is 3. The molecular formula is C11H18N2O. The van der Waals surface area contributed by atoms with Gasteiger partial charge < -0.3 is 10.5 Å². The van der Waals surface area contributed by atoms with E-state index in [2.05, 4.69) is 4.98 Å². The van der Waals surface area contributed by atoms with Gasteiger partial charge in [0.15, 0.2) is 0 Å². The van der Waals surface area contributed by atoms with E-state index in [-0.39, 0.29) is 5.54 Å². The summed E-state index contributed by atoms with van der Waals surface area (Å²) in [5, 5.41) is 0. The second kappa shape index (κ2) is 5.08. The summed E-state index contributed by atoms with van der Waals surface area (Å²) in [7, 11) is 1.70. The number of ether oxygens (including phenoxy) is 1. The van der Waals surface area contributed by atoms with Gasteiger partial charge in [-0.1, -0.05) is 0 Å². The summed E-state index contributed by atoms with van der Waals surface area (Å²) >= 11 is 0. The number of nitrogens with two attached hydrogens (primary N) is 1. The van der Waals surface area contributed by atoms with E-state index in [9.17, 15) is 0 Å². The monoisotopic (exact) mass is 194 g/mol. The first-order valence-corrected chi connectivity index (χ1v) is 4.81. The maximum Gasteiger partial charge on any atom is 0.0479 e. The average Bonchev–Trinajstić information content (AvgIpc) is 2.16. The van der Waals surface area contributed by atoms with Gasteiger partial charge in [-0.25, -0.2) is 0 Å². The summed E-state index contributed by atoms with van der Waals surface area (Å²) in [5.74, 6) is 0. The van der Waals surface area contributed by atoms with Gasteiger partial charge in [-0.2, -0.15) is 0 Å². The Kier molecular flexibility index (Phi) is 4.04. The molecular weight excluding hydrogens is 176 g/mol. The summed E-state index contributed by atoms with van der Waals surface area (Å²) < 4.78 is 5.02. The maximum atomic E-state index is 6.13. The van der Waals surface area contributed by atoms with E-state index in [1.807, 2.05) is 19.1 Å². The molecule has 0 spiro atoms. The third-order valence-electron chi connectivity index (χ3n) is 2.23. The van der Waals surface area contributed by atoms with Gasteiger partial charge in [0, 0.05) is 31.6 Å². The number of pyridine rings is 1. The Hall–Kier alpha value is -0.930. The van der Waals surface area contributed by atoms with Gasteiger partial charge in [-0.15, -0.1) is 0 Å². The van der Waals surface area contributed by atoms with Crippen LogP contribution < -0.4 is 5.73 Å². The van der Waals surface area contributed by atoms with Crippen LogP contribution in [-0.4, -0.2) is 24.2 Å². The minimum Gasteiger partial charge on any atom is -0.385 e. The minimum atomic E-state index is -0.197. The van der Waals surface area contributed by atoms with Crippen molar-refractivity contribution in [2.24, 2.45) is 5.73 Å². The highest BCUT2D eigenvalue weighted by atomic mass is 16.5. The van der Waals surface area contributed by atoms with Crippen LogP contribution in [0.25, 0.3) is 0 Å². The molecule has 0 aliphatic carbocycles. The number of hydrogen-bond donors (Lipinski definition) is 1. The Morgan fingerprint density at radius 3 is 2.64 bits per heavy atom. The van der Waals surface area contributed by atoms with Gasteiger partial charge in [0.1, 0.15) is 0 Å². The van der Waals surface area contributed by atoms with Crippen molar-refractivity contribution >= 4 is 0 Å². The molecule has 1 rings (SSSR count). The lowest BCUT2D eigenvalue weighted by Gasteiger charge is -2.24. The van der Waals surface area contributed by atoms with E-state index in [1.165, 1.54) is 5.56 Å². The molecule has 1 aromatic heterocycles. The van der Waals surface area contributed by atoms with Crippen LogP contribution in [0.5, 0.6) is 0 Å². The zero-order chi connectivity index (χ0) is 10.4. The van der Waals surface area contributed by atoms with E-state index >= 15 is 0 Å². The lowest BCUT2D eigenvalue weighted by Crippen LogP contribution is -2.39. The van der Waals surface area contributed by atoms with Crippen LogP contribution in [-0.2, 0) is 11.2 Å². The molecule has 0 aromatic carbocycles. The molecule has 78 valence electrons. The summed E-state index contributed by atoms with van der Waals surface area (Å²) in [4.78, 5) is 3.97. The molecule has 1 aromatic rings. The van der Waals surface area contributed by atoms with Crippen molar-refractivity contribution in [2.75, 3.05) is 13.7 Å². The molecule has 2 N–H and O–H groups in total. The molecule has 0 saturated heterocycles. The van der Waals surface area contributed by atoms with Crippen LogP contribution in [0, 0.1) is 0 Å². The van der Waals surface area contributed by atoms with Crippen LogP contribution in [0.3, 0.4) is 0 Å². The van der Waals surface area contributed by atoms with Crippen molar-refractivity contribution in [1.82, 2.24) is 4.98 Å². The predicted molar refractivity (Wildman–Crippen MR) is 57.0 cm³/mol. The molecule has 0 aliphatic heterocycles. The van der Waals surface area contributed by atoms with Gasteiger partial charge in [0.25, 0.3) is 0 Å². The molecule has 0 aliphatic rings. The molecule has 0 fully saturated rings. The number of rotatable bonds is 5. The Balaban J connectivity index is 2.50. The molecule has 0 amide bonds. The Morgan fingerprint density at radius 2 is 2.07 bits per heavy atom. The lowest BCUT2D eigenvalue weighted by atomic mass is 9.91. The molecule has 3 heteroatoms. The van der Waals surface area contributed by atoms with E-state index in [1.54, 1.807) is 19.5 Å². The van der Waals surface area contributed by atoms with Crippen molar-refractivity contribution in [2.45, 2.75) is 25.3 Å². The predicted octanol–water partition coefficient (Wildman–Crippen LogP) is 1.38. The van der Waals surface area contributed by atoms with E-state index in [0.29, 0.717) is 6.61 Å². The Labute approximate surface area is 85.3 Å². The van der Waals surface area contributed by atoms with Gasteiger partial charge >= 0.3 is 0 Å². The summed E-state index contributed by atoms with van der Waals surface area (Å²) in [5.41, 5.74) is 7.16. The topological polar surface area (TPSA) is 48.1 Å². The largest absolute Gasteiger partial charge is 0.385 e. The van der Waals surface area contributed by atoms with Gasteiger partial charge in [-0.3, -0.25) is 4.98 Å². The summed E-state index contributed by atoms with van der Waals surface area (Å²) in [6.07, 6.45) is 5.31. The number of nitrogens with zero attached hydrogens (tertiary/aromatic N) is 1. The average molecular weight is 194 g/mol. The fourth-order valence-electron chi connectivity index (χ4n) is 1.39. The summed E-state index contributed by atoms with van der Waals surface area (Å²) in [6.45, 7) is 2.75. The second-order valence-electron chi connectivity index (χ2n) is 3.93. The SMILES string of the molecule is COCCC(C)(N)Cc1ccncc1. The first kappa shape index (κ1) is 11.1. The van der Waals surface area contributed by atoms with Crippen molar-refractivity contribution < 1.29 is 4.74 Å². The fraction of sp³-hybridized carbons (Fsp3) is 0.545. The molecule has 0 saturated carbocycles. The van der Waals surface area contributed by atoms with Crippen molar-refractivity contribution in [3.63, 3.8) is 0 Å². The minimum absolute atomic E-state index is 0.197. The number of aromatic nitrogens is 1. The van der Waals surface area contributed by atoms with Crippen molar-refractivity contribution in [1.29, 1.82) is 0 Å². The molecule has 1 heterocycles. The van der Waals surface area contributed by atoms with E-state index < -0.39 is 0 Å². The van der Waals surface area contributed by atoms with Crippen LogP contribution >= 0.6 is 0 Å². The maximum absolute atomic E-state index is 6.13. The van der Waals surface area contributed by atoms with Gasteiger partial charge in [0.2, 0.25) is 0 Å². The zero-order valence-corrected chi connectivity index (χ0v) is 8.86. The Morgan fingerprint density at radius 1 is 1.43 bits per heavy atom. The normalized spacial score (nSPS) is 15.1. The third kappa shape index (κ3) is 3.85. The highest BCUT2D eigenvalue weighted by molar-refractivity contribution is 5.13. The molecule has 3 nitrogen and oxygen atoms in total. The molecule has 14 heavy (non-hydrogen) atoms. The summed E-state index contributed by atoms with van der Waals surface area (Å²) in [6, 6.07) is 4.00. The van der Waals surface area contributed by atoms with E-state index in [4.69, 9.17) is 10.5 Å². The lowest BCUT2D eigenvalue weighted by molar-refractivity contribution is 0.171. The van der Waals surface area contributed by atoms with Crippen LogP contribution in [0.15, 0.2) is 24.5 Å². The molecule has 1 atom stereocenters. The first-order chi connectivity index (χ1) is 6.64. The standard InChI is InChI=1S/C11H18N2O/c1-11(12,5-8-14-2)9-10-3-6-13-7-4-10/h3-4,6-7H,5,8-9,12H2,1-2H3. The van der Waals surface area contributed by atoms with Crippen molar-refractivity contribution in [3.8, 4) is 0 Å². The number of methoxy groups -OCH3 is 1. The van der Waals surface area contributed by atoms with Gasteiger partial charge in [-0.05, 0) is 37.5 Å². The molecule has 0 bridgehead atoms. The first-order valence-electron chi connectivity index (χ1n) is 4.81. The zero-order valence-electron chi connectivity index (χ0n) is 8.86. The van der Waals surface area contributed by atoms with Crippen molar-refractivity contribution in [3.05, 3.63) is 30.1 Å². The molecule has 1 unspecified atom stereocenters. The molecule has 0 radical (unpaired) electrons. The fourth-order valence-corrected chi connectivity index (χ4v) is 1.39. The van der Waals surface area contributed by atoms with Gasteiger partial charge in [0.05, 0.1) is 0 Å². The Bertz CT molecular complexity index is 259. The van der Waals surface area contributed by atoms with E-state index in [0.717, 1.165) is 12.8 Å². The highest BCUT2D eigenvalue weighted by Crippen LogP contribution is 2.13.